The summed E-state index contributed by atoms with van der Waals surface area (Å²) in [5.74, 6) is -1.93. The van der Waals surface area contributed by atoms with Crippen molar-refractivity contribution >= 4 is 22.4 Å². The highest BCUT2D eigenvalue weighted by atomic mass is 32.3. The van der Waals surface area contributed by atoms with Gasteiger partial charge in [0.1, 0.15) is 11.0 Å². The number of aliphatic carboxylic acids is 1. The number of rotatable bonds is 8. The zero-order chi connectivity index (χ0) is 29.5. The monoisotopic (exact) mass is 587 g/mol. The maximum Gasteiger partial charge on any atom is 0.304 e. The average molecular weight is 588 g/mol. The molecule has 0 spiro atoms. The van der Waals surface area contributed by atoms with E-state index >= 15 is 0 Å². The molecule has 2 atom stereocenters. The van der Waals surface area contributed by atoms with Crippen LogP contribution in [-0.2, 0) is 11.3 Å². The number of alkyl halides is 2. The number of hydrogen-bond acceptors (Lipinski definition) is 8. The van der Waals surface area contributed by atoms with Crippen LogP contribution in [0.15, 0.2) is 53.7 Å². The smallest absolute Gasteiger partial charge is 0.304 e. The SMILES string of the molecule is CC[C@@H]1CN(Cc2cc(C(CC(=O)O)c3ccn4c(C(F)F)nnc4c3C)ccc2C)S(O)(O)c2cccnc2O1. The minimum atomic E-state index is -3.44. The Labute approximate surface area is 237 Å². The third kappa shape index (κ3) is 5.49. The summed E-state index contributed by atoms with van der Waals surface area (Å²) in [6.07, 6.45) is 0.220. The van der Waals surface area contributed by atoms with Gasteiger partial charge in [-0.1, -0.05) is 25.1 Å². The molecule has 0 bridgehead atoms. The van der Waals surface area contributed by atoms with Gasteiger partial charge in [-0.25, -0.2) is 13.8 Å². The molecule has 0 aliphatic carbocycles. The number of hydrogen-bond donors (Lipinski definition) is 3. The lowest BCUT2D eigenvalue weighted by molar-refractivity contribution is -0.137. The Balaban J connectivity index is 1.55. The van der Waals surface area contributed by atoms with E-state index in [2.05, 4.69) is 15.2 Å². The van der Waals surface area contributed by atoms with Gasteiger partial charge in [-0.05, 0) is 66.3 Å². The first kappa shape index (κ1) is 28.9. The van der Waals surface area contributed by atoms with E-state index in [0.717, 1.165) is 11.1 Å². The Bertz CT molecular complexity index is 1600. The minimum absolute atomic E-state index is 0.163. The predicted octanol–water partition coefficient (Wildman–Crippen LogP) is 5.98. The predicted molar refractivity (Wildman–Crippen MR) is 148 cm³/mol. The summed E-state index contributed by atoms with van der Waals surface area (Å²) in [6, 6.07) is 10.4. The second kappa shape index (κ2) is 11.3. The van der Waals surface area contributed by atoms with E-state index in [1.54, 1.807) is 35.6 Å². The summed E-state index contributed by atoms with van der Waals surface area (Å²) in [6.45, 7) is 5.96. The lowest BCUT2D eigenvalue weighted by atomic mass is 9.85. The number of fused-ring (bicyclic) bond motifs is 2. The summed E-state index contributed by atoms with van der Waals surface area (Å²) in [4.78, 5) is 16.4. The van der Waals surface area contributed by atoms with Gasteiger partial charge in [-0.2, -0.15) is 4.31 Å². The Morgan fingerprint density at radius 2 is 1.98 bits per heavy atom. The van der Waals surface area contributed by atoms with Crippen molar-refractivity contribution in [3.8, 4) is 5.88 Å². The second-order valence-corrected chi connectivity index (χ2v) is 12.1. The Hall–Kier alpha value is -3.65. The van der Waals surface area contributed by atoms with Crippen molar-refractivity contribution in [3.05, 3.63) is 82.4 Å². The number of halogens is 2. The van der Waals surface area contributed by atoms with Crippen molar-refractivity contribution in [1.29, 1.82) is 0 Å². The summed E-state index contributed by atoms with van der Waals surface area (Å²) in [5, 5.41) is 17.3. The Morgan fingerprint density at radius 3 is 2.68 bits per heavy atom. The number of carboxylic acids is 1. The van der Waals surface area contributed by atoms with Crippen LogP contribution in [-0.4, -0.2) is 56.7 Å². The number of benzene rings is 1. The molecule has 3 aromatic heterocycles. The number of aromatic nitrogens is 4. The van der Waals surface area contributed by atoms with Gasteiger partial charge in [0.25, 0.3) is 6.43 Å². The fraction of sp³-hybridized carbons (Fsp3) is 0.357. The molecule has 0 saturated carbocycles. The first-order valence-corrected chi connectivity index (χ1v) is 14.6. The quantitative estimate of drug-likeness (QED) is 0.228. The fourth-order valence-electron chi connectivity index (χ4n) is 5.20. The molecule has 1 aliphatic heterocycles. The molecule has 4 aromatic rings. The van der Waals surface area contributed by atoms with E-state index in [1.807, 2.05) is 32.0 Å². The summed E-state index contributed by atoms with van der Waals surface area (Å²) in [7, 11) is -3.44. The normalized spacial score (nSPS) is 18.5. The molecule has 5 rings (SSSR count). The molecule has 0 fully saturated rings. The van der Waals surface area contributed by atoms with E-state index in [0.29, 0.717) is 23.1 Å². The molecule has 3 N–H and O–H groups in total. The zero-order valence-corrected chi connectivity index (χ0v) is 23.6. The number of carboxylic acid groups (broad SMARTS) is 1. The summed E-state index contributed by atoms with van der Waals surface area (Å²) >= 11 is 0. The first-order chi connectivity index (χ1) is 19.5. The van der Waals surface area contributed by atoms with E-state index in [1.165, 1.54) is 10.6 Å². The summed E-state index contributed by atoms with van der Waals surface area (Å²) in [5.41, 5.74) is 3.76. The van der Waals surface area contributed by atoms with Gasteiger partial charge in [0.05, 0.1) is 13.0 Å². The largest absolute Gasteiger partial charge is 0.481 e. The van der Waals surface area contributed by atoms with Crippen molar-refractivity contribution in [1.82, 2.24) is 23.9 Å². The molecule has 218 valence electrons. The number of carbonyl (C=O) groups is 1. The molecular formula is C28H31F2N5O5S. The number of aryl methyl sites for hydroxylation is 2. The first-order valence-electron chi connectivity index (χ1n) is 13.1. The lowest BCUT2D eigenvalue weighted by Gasteiger charge is -2.41. The van der Waals surface area contributed by atoms with Crippen LogP contribution in [0.25, 0.3) is 5.65 Å². The van der Waals surface area contributed by atoms with Crippen LogP contribution in [0.3, 0.4) is 0 Å². The molecule has 10 nitrogen and oxygen atoms in total. The van der Waals surface area contributed by atoms with E-state index in [9.17, 15) is 27.8 Å². The molecule has 4 heterocycles. The molecule has 41 heavy (non-hydrogen) atoms. The van der Waals surface area contributed by atoms with Gasteiger partial charge in [0.15, 0.2) is 5.65 Å². The lowest BCUT2D eigenvalue weighted by Crippen LogP contribution is -2.34. The maximum absolute atomic E-state index is 13.4. The van der Waals surface area contributed by atoms with Gasteiger partial charge in [0, 0.05) is 24.9 Å². The average Bonchev–Trinajstić information content (AvgIpc) is 3.34. The van der Waals surface area contributed by atoms with Gasteiger partial charge >= 0.3 is 5.97 Å². The fourth-order valence-corrected chi connectivity index (χ4v) is 6.76. The topological polar surface area (TPSA) is 133 Å². The molecule has 1 unspecified atom stereocenters. The van der Waals surface area contributed by atoms with Crippen molar-refractivity contribution in [2.45, 2.75) is 63.5 Å². The van der Waals surface area contributed by atoms with Gasteiger partial charge < -0.3 is 9.84 Å². The molecule has 0 radical (unpaired) electrons. The maximum atomic E-state index is 13.4. The highest BCUT2D eigenvalue weighted by molar-refractivity contribution is 8.22. The van der Waals surface area contributed by atoms with Crippen LogP contribution < -0.4 is 4.74 Å². The van der Waals surface area contributed by atoms with Crippen LogP contribution in [0, 0.1) is 13.8 Å². The van der Waals surface area contributed by atoms with Gasteiger partial charge in [-0.15, -0.1) is 21.0 Å². The number of pyridine rings is 2. The van der Waals surface area contributed by atoms with Crippen LogP contribution in [0.1, 0.15) is 65.8 Å². The van der Waals surface area contributed by atoms with Crippen molar-refractivity contribution in [2.24, 2.45) is 0 Å². The van der Waals surface area contributed by atoms with E-state index < -0.39 is 34.9 Å². The number of nitrogens with zero attached hydrogens (tertiary/aromatic N) is 5. The standard InChI is InChI=1S/C28H31F2N5O5S/c1-4-20-15-34(41(38,39)23-6-5-10-31-28(23)40-20)14-19-12-18(8-7-16(19)2)22(13-24(36)37)21-9-11-35-26(17(21)3)32-33-27(35)25(29)30/h5-12,20,22,25,38-39H,4,13-15H2,1-3H3,(H,36,37)/t20-,22?/m1/s1. The van der Waals surface area contributed by atoms with Crippen LogP contribution in [0.5, 0.6) is 5.88 Å². The van der Waals surface area contributed by atoms with Crippen LogP contribution >= 0.6 is 10.8 Å². The van der Waals surface area contributed by atoms with Crippen molar-refractivity contribution in [2.75, 3.05) is 6.54 Å². The van der Waals surface area contributed by atoms with Crippen molar-refractivity contribution in [3.63, 3.8) is 0 Å². The molecule has 0 amide bonds. The van der Waals surface area contributed by atoms with E-state index in [-0.39, 0.29) is 42.0 Å². The third-order valence-corrected chi connectivity index (χ3v) is 9.40. The Kier molecular flexibility index (Phi) is 7.97. The third-order valence-electron chi connectivity index (χ3n) is 7.50. The van der Waals surface area contributed by atoms with Crippen LogP contribution in [0.2, 0.25) is 0 Å². The van der Waals surface area contributed by atoms with Crippen LogP contribution in [0.4, 0.5) is 8.78 Å². The van der Waals surface area contributed by atoms with Crippen molar-refractivity contribution < 1.29 is 32.5 Å². The zero-order valence-electron chi connectivity index (χ0n) is 22.7. The van der Waals surface area contributed by atoms with Gasteiger partial charge in [-0.3, -0.25) is 18.3 Å². The molecule has 1 aromatic carbocycles. The van der Waals surface area contributed by atoms with E-state index in [4.69, 9.17) is 4.74 Å². The number of ether oxygens (including phenoxy) is 1. The Morgan fingerprint density at radius 1 is 1.20 bits per heavy atom. The minimum Gasteiger partial charge on any atom is -0.481 e. The summed E-state index contributed by atoms with van der Waals surface area (Å²) < 4.78 is 58.3. The molecule has 0 saturated heterocycles. The highest BCUT2D eigenvalue weighted by Gasteiger charge is 2.36. The second-order valence-electron chi connectivity index (χ2n) is 10.1. The molecular weight excluding hydrogens is 556 g/mol. The molecule has 1 aliphatic rings. The van der Waals surface area contributed by atoms with Gasteiger partial charge in [0.2, 0.25) is 11.7 Å². The molecule has 13 heteroatoms. The highest BCUT2D eigenvalue weighted by Crippen LogP contribution is 2.57.